The lowest BCUT2D eigenvalue weighted by Crippen LogP contribution is -2.44. The lowest BCUT2D eigenvalue weighted by atomic mass is 10.0. The molecule has 5 heteroatoms. The number of fused-ring (bicyclic) bond motifs is 2. The van der Waals surface area contributed by atoms with Crippen LogP contribution < -0.4 is 5.32 Å². The first kappa shape index (κ1) is 13.9. The quantitative estimate of drug-likeness (QED) is 0.925. The van der Waals surface area contributed by atoms with Gasteiger partial charge in [0.25, 0.3) is 0 Å². The zero-order chi connectivity index (χ0) is 15.1. The highest BCUT2D eigenvalue weighted by molar-refractivity contribution is 6.30. The Hall–Kier alpha value is -1.78. The van der Waals surface area contributed by atoms with Crippen molar-refractivity contribution < 1.29 is 4.79 Å². The van der Waals surface area contributed by atoms with Crippen molar-refractivity contribution in [1.29, 1.82) is 0 Å². The van der Waals surface area contributed by atoms with Gasteiger partial charge in [0.05, 0.1) is 0 Å². The molecule has 4 rings (SSSR count). The van der Waals surface area contributed by atoms with Crippen molar-refractivity contribution in [3.63, 3.8) is 0 Å². The van der Waals surface area contributed by atoms with Crippen LogP contribution in [0.25, 0.3) is 11.1 Å². The fourth-order valence-corrected chi connectivity index (χ4v) is 3.64. The molecule has 0 spiro atoms. The predicted octanol–water partition coefficient (Wildman–Crippen LogP) is 3.07. The second-order valence-corrected chi connectivity index (χ2v) is 6.62. The number of rotatable bonds is 2. The van der Waals surface area contributed by atoms with Gasteiger partial charge in [-0.1, -0.05) is 23.7 Å². The van der Waals surface area contributed by atoms with Crippen LogP contribution in [0, 0.1) is 5.92 Å². The number of aromatic nitrogens is 1. The van der Waals surface area contributed by atoms with Crippen LogP contribution in [-0.2, 0) is 0 Å². The van der Waals surface area contributed by atoms with Gasteiger partial charge in [-0.05, 0) is 48.2 Å². The largest absolute Gasteiger partial charge is 0.333 e. The summed E-state index contributed by atoms with van der Waals surface area (Å²) in [6.45, 7) is 3.30. The third kappa shape index (κ3) is 2.53. The Labute approximate surface area is 134 Å². The topological polar surface area (TPSA) is 37.3 Å². The van der Waals surface area contributed by atoms with Gasteiger partial charge in [-0.15, -0.1) is 0 Å². The molecule has 3 heterocycles. The number of carbonyl (C=O) groups excluding carboxylic acids is 1. The van der Waals surface area contributed by atoms with E-state index in [-0.39, 0.29) is 6.03 Å². The zero-order valence-electron chi connectivity index (χ0n) is 12.2. The number of carbonyl (C=O) groups is 1. The van der Waals surface area contributed by atoms with Crippen molar-refractivity contribution in [1.82, 2.24) is 14.8 Å². The number of nitrogens with one attached hydrogen (secondary N) is 1. The minimum Gasteiger partial charge on any atom is -0.333 e. The van der Waals surface area contributed by atoms with Crippen LogP contribution in [0.5, 0.6) is 0 Å². The molecule has 2 aliphatic heterocycles. The number of hydrogen-bond donors (Lipinski definition) is 1. The van der Waals surface area contributed by atoms with Crippen LogP contribution in [0.2, 0.25) is 5.02 Å². The van der Waals surface area contributed by atoms with E-state index in [9.17, 15) is 4.79 Å². The first-order valence-corrected chi connectivity index (χ1v) is 8.04. The average Bonchev–Trinajstić information content (AvgIpc) is 3.24. The molecule has 0 saturated carbocycles. The van der Waals surface area contributed by atoms with Crippen LogP contribution in [0.1, 0.15) is 6.42 Å². The maximum Gasteiger partial charge on any atom is 0.325 e. The van der Waals surface area contributed by atoms with Crippen LogP contribution in [-0.4, -0.2) is 41.2 Å². The summed E-state index contributed by atoms with van der Waals surface area (Å²) in [6.07, 6.45) is 4.88. The molecular formula is C17H18ClN3O. The maximum absolute atomic E-state index is 12.4. The van der Waals surface area contributed by atoms with Gasteiger partial charge in [-0.25, -0.2) is 4.79 Å². The zero-order valence-corrected chi connectivity index (χ0v) is 13.0. The smallest absolute Gasteiger partial charge is 0.325 e. The van der Waals surface area contributed by atoms with Crippen molar-refractivity contribution in [3.05, 3.63) is 47.7 Å². The molecule has 0 aliphatic carbocycles. The van der Waals surface area contributed by atoms with Gasteiger partial charge in [-0.3, -0.25) is 4.57 Å². The summed E-state index contributed by atoms with van der Waals surface area (Å²) in [6, 6.07) is 9.84. The third-order valence-electron chi connectivity index (χ3n) is 4.75. The Morgan fingerprint density at radius 1 is 1.14 bits per heavy atom. The van der Waals surface area contributed by atoms with E-state index in [1.807, 2.05) is 42.7 Å². The van der Waals surface area contributed by atoms with Gasteiger partial charge in [0.2, 0.25) is 0 Å². The summed E-state index contributed by atoms with van der Waals surface area (Å²) in [7, 11) is 0. The van der Waals surface area contributed by atoms with E-state index in [0.717, 1.165) is 24.2 Å². The summed E-state index contributed by atoms with van der Waals surface area (Å²) >= 11 is 5.91. The second-order valence-electron chi connectivity index (χ2n) is 6.18. The van der Waals surface area contributed by atoms with E-state index in [4.69, 9.17) is 11.6 Å². The molecule has 4 nitrogen and oxygen atoms in total. The first-order chi connectivity index (χ1) is 10.7. The average molecular weight is 316 g/mol. The minimum atomic E-state index is -0.0426. The highest BCUT2D eigenvalue weighted by Gasteiger charge is 2.38. The van der Waals surface area contributed by atoms with E-state index in [0.29, 0.717) is 17.0 Å². The summed E-state index contributed by atoms with van der Waals surface area (Å²) in [5.41, 5.74) is 2.07. The SMILES string of the molecule is O=C(NC1CN2CC[C@H]1C2)n1ccc(-c2ccc(Cl)cc2)c1. The Balaban J connectivity index is 1.46. The van der Waals surface area contributed by atoms with Crippen LogP contribution in [0.4, 0.5) is 4.79 Å². The predicted molar refractivity (Wildman–Crippen MR) is 87.1 cm³/mol. The van der Waals surface area contributed by atoms with E-state index < -0.39 is 0 Å². The summed E-state index contributed by atoms with van der Waals surface area (Å²) in [4.78, 5) is 14.8. The number of halogens is 1. The molecule has 2 fully saturated rings. The number of benzene rings is 1. The lowest BCUT2D eigenvalue weighted by Gasteiger charge is -2.23. The molecule has 3 atom stereocenters. The molecule has 1 N–H and O–H groups in total. The van der Waals surface area contributed by atoms with E-state index >= 15 is 0 Å². The van der Waals surface area contributed by atoms with Gasteiger partial charge in [-0.2, -0.15) is 0 Å². The van der Waals surface area contributed by atoms with Gasteiger partial charge in [0, 0.05) is 36.5 Å². The lowest BCUT2D eigenvalue weighted by molar-refractivity contribution is 0.231. The monoisotopic (exact) mass is 315 g/mol. The number of piperidine rings is 1. The van der Waals surface area contributed by atoms with Crippen molar-refractivity contribution in [2.45, 2.75) is 12.5 Å². The Morgan fingerprint density at radius 3 is 2.64 bits per heavy atom. The molecule has 1 aromatic carbocycles. The Kier molecular flexibility index (Phi) is 3.43. The van der Waals surface area contributed by atoms with E-state index in [2.05, 4.69) is 10.2 Å². The molecule has 1 aromatic heterocycles. The molecule has 2 unspecified atom stereocenters. The van der Waals surface area contributed by atoms with Crippen LogP contribution >= 0.6 is 11.6 Å². The molecule has 2 bridgehead atoms. The van der Waals surface area contributed by atoms with Crippen LogP contribution in [0.3, 0.4) is 0 Å². The molecular weight excluding hydrogens is 298 g/mol. The van der Waals surface area contributed by atoms with Gasteiger partial charge in [0.15, 0.2) is 0 Å². The highest BCUT2D eigenvalue weighted by Crippen LogP contribution is 2.28. The van der Waals surface area contributed by atoms with Gasteiger partial charge < -0.3 is 10.2 Å². The summed E-state index contributed by atoms with van der Waals surface area (Å²) in [5, 5.41) is 3.88. The molecule has 114 valence electrons. The van der Waals surface area contributed by atoms with E-state index in [1.165, 1.54) is 13.0 Å². The summed E-state index contributed by atoms with van der Waals surface area (Å²) < 4.78 is 1.63. The molecule has 22 heavy (non-hydrogen) atoms. The fourth-order valence-electron chi connectivity index (χ4n) is 3.52. The number of amides is 1. The van der Waals surface area contributed by atoms with E-state index in [1.54, 1.807) is 4.57 Å². The van der Waals surface area contributed by atoms with Crippen molar-refractivity contribution in [2.24, 2.45) is 5.92 Å². The third-order valence-corrected chi connectivity index (χ3v) is 5.00. The number of nitrogens with zero attached hydrogens (tertiary/aromatic N) is 2. The second kappa shape index (κ2) is 5.45. The van der Waals surface area contributed by atoms with Crippen molar-refractivity contribution in [3.8, 4) is 11.1 Å². The number of hydrogen-bond acceptors (Lipinski definition) is 2. The van der Waals surface area contributed by atoms with Gasteiger partial charge in [0.1, 0.15) is 0 Å². The molecule has 2 aromatic rings. The standard InChI is InChI=1S/C17H18ClN3O/c18-15-3-1-12(2-4-15)13-6-8-21(10-13)17(22)19-16-11-20-7-5-14(16)9-20/h1-4,6,8,10,14,16H,5,7,9,11H2,(H,19,22)/t14-,16?/m0/s1. The molecule has 2 aliphatic rings. The highest BCUT2D eigenvalue weighted by atomic mass is 35.5. The molecule has 1 amide bonds. The Morgan fingerprint density at radius 2 is 1.95 bits per heavy atom. The van der Waals surface area contributed by atoms with Gasteiger partial charge >= 0.3 is 6.03 Å². The molecule has 2 saturated heterocycles. The minimum absolute atomic E-state index is 0.0426. The summed E-state index contributed by atoms with van der Waals surface area (Å²) in [5.74, 6) is 0.621. The first-order valence-electron chi connectivity index (χ1n) is 7.66. The van der Waals surface area contributed by atoms with Crippen molar-refractivity contribution >= 4 is 17.6 Å². The van der Waals surface area contributed by atoms with Crippen LogP contribution in [0.15, 0.2) is 42.7 Å². The maximum atomic E-state index is 12.4. The normalized spacial score (nSPS) is 26.3. The van der Waals surface area contributed by atoms with Crippen molar-refractivity contribution in [2.75, 3.05) is 19.6 Å². The molecule has 0 radical (unpaired) electrons. The fraction of sp³-hybridized carbons (Fsp3) is 0.353. The Bertz CT molecular complexity index is 694.